The second kappa shape index (κ2) is 4.84. The van der Waals surface area contributed by atoms with Crippen LogP contribution in [-0.2, 0) is 9.47 Å². The molecule has 3 aliphatic rings. The van der Waals surface area contributed by atoms with Crippen LogP contribution in [0.2, 0.25) is 0 Å². The average molecular weight is 240 g/mol. The van der Waals surface area contributed by atoms with E-state index in [0.29, 0.717) is 6.04 Å². The highest BCUT2D eigenvalue weighted by atomic mass is 16.5. The molecule has 3 atom stereocenters. The van der Waals surface area contributed by atoms with E-state index in [1.807, 2.05) is 7.11 Å². The number of rotatable bonds is 4. The normalized spacial score (nSPS) is 42.2. The number of hydrogen-bond acceptors (Lipinski definition) is 4. The Morgan fingerprint density at radius 3 is 3.12 bits per heavy atom. The maximum atomic E-state index is 5.67. The molecule has 0 spiro atoms. The first-order valence-corrected chi connectivity index (χ1v) is 6.93. The van der Waals surface area contributed by atoms with Gasteiger partial charge < -0.3 is 14.8 Å². The lowest BCUT2D eigenvalue weighted by molar-refractivity contribution is -0.0179. The molecule has 3 aliphatic heterocycles. The van der Waals surface area contributed by atoms with Crippen molar-refractivity contribution >= 4 is 0 Å². The first kappa shape index (κ1) is 11.9. The van der Waals surface area contributed by atoms with Crippen LogP contribution in [0.3, 0.4) is 0 Å². The number of hydrogen-bond donors (Lipinski definition) is 1. The molecule has 0 amide bonds. The summed E-state index contributed by atoms with van der Waals surface area (Å²) in [5.74, 6) is 0. The Morgan fingerprint density at radius 1 is 1.41 bits per heavy atom. The van der Waals surface area contributed by atoms with Crippen LogP contribution in [0.4, 0.5) is 0 Å². The van der Waals surface area contributed by atoms with Crippen molar-refractivity contribution in [2.24, 2.45) is 0 Å². The van der Waals surface area contributed by atoms with Crippen LogP contribution in [0, 0.1) is 0 Å². The topological polar surface area (TPSA) is 33.7 Å². The lowest BCUT2D eigenvalue weighted by atomic mass is 10.0. The van der Waals surface area contributed by atoms with Crippen LogP contribution < -0.4 is 5.32 Å². The molecule has 1 N–H and O–H groups in total. The van der Waals surface area contributed by atoms with Gasteiger partial charge in [0.15, 0.2) is 0 Å². The first-order chi connectivity index (χ1) is 8.33. The highest BCUT2D eigenvalue weighted by Crippen LogP contribution is 2.29. The van der Waals surface area contributed by atoms with E-state index in [1.165, 1.54) is 32.4 Å². The average Bonchev–Trinajstić information content (AvgIpc) is 3.04. The lowest BCUT2D eigenvalue weighted by Crippen LogP contribution is -2.49. The second-order valence-electron chi connectivity index (χ2n) is 5.71. The van der Waals surface area contributed by atoms with Gasteiger partial charge in [0.25, 0.3) is 0 Å². The fourth-order valence-corrected chi connectivity index (χ4v) is 3.60. The molecule has 98 valence electrons. The van der Waals surface area contributed by atoms with Crippen molar-refractivity contribution in [2.75, 3.05) is 40.0 Å². The molecule has 3 heterocycles. The minimum Gasteiger partial charge on any atom is -0.378 e. The van der Waals surface area contributed by atoms with E-state index >= 15 is 0 Å². The molecular formula is C13H24N2O2. The maximum Gasteiger partial charge on any atom is 0.106 e. The van der Waals surface area contributed by atoms with Gasteiger partial charge in [-0.15, -0.1) is 0 Å². The molecule has 17 heavy (non-hydrogen) atoms. The van der Waals surface area contributed by atoms with Gasteiger partial charge in [-0.1, -0.05) is 0 Å². The zero-order chi connectivity index (χ0) is 11.7. The zero-order valence-corrected chi connectivity index (χ0v) is 10.8. The van der Waals surface area contributed by atoms with Crippen LogP contribution in [0.25, 0.3) is 0 Å². The molecule has 4 heteroatoms. The Kier molecular flexibility index (Phi) is 3.39. The second-order valence-corrected chi connectivity index (χ2v) is 5.71. The Balaban J connectivity index is 1.53. The molecule has 0 aromatic carbocycles. The van der Waals surface area contributed by atoms with E-state index in [0.717, 1.165) is 32.2 Å². The summed E-state index contributed by atoms with van der Waals surface area (Å²) in [6.07, 6.45) is 5.07. The number of nitrogens with zero attached hydrogens (tertiary/aromatic N) is 1. The molecular weight excluding hydrogens is 216 g/mol. The van der Waals surface area contributed by atoms with Crippen molar-refractivity contribution in [2.45, 2.75) is 43.4 Å². The van der Waals surface area contributed by atoms with Gasteiger partial charge in [-0.3, -0.25) is 4.90 Å². The Hall–Kier alpha value is -0.160. The minimum atomic E-state index is -0.0635. The molecule has 3 rings (SSSR count). The predicted octanol–water partition coefficient (Wildman–Crippen LogP) is 0.618. The van der Waals surface area contributed by atoms with Gasteiger partial charge in [0, 0.05) is 45.3 Å². The summed E-state index contributed by atoms with van der Waals surface area (Å²) in [5.41, 5.74) is -0.0635. The van der Waals surface area contributed by atoms with Gasteiger partial charge >= 0.3 is 0 Å². The van der Waals surface area contributed by atoms with E-state index in [-0.39, 0.29) is 5.60 Å². The molecule has 3 unspecified atom stereocenters. The predicted molar refractivity (Wildman–Crippen MR) is 66.2 cm³/mol. The number of nitrogens with one attached hydrogen (secondary N) is 1. The third-order valence-electron chi connectivity index (χ3n) is 4.79. The molecule has 0 aromatic rings. The van der Waals surface area contributed by atoms with Gasteiger partial charge in [-0.2, -0.15) is 0 Å². The summed E-state index contributed by atoms with van der Waals surface area (Å²) < 4.78 is 11.1. The molecule has 3 saturated heterocycles. The standard InChI is InChI=1S/C13H24N2O2/c1-16-13(5-8-17-10-13)9-14-11-4-7-15-6-2-3-12(11)15/h11-12,14H,2-10H2,1H3. The van der Waals surface area contributed by atoms with E-state index in [1.54, 1.807) is 0 Å². The quantitative estimate of drug-likeness (QED) is 0.781. The Morgan fingerprint density at radius 2 is 2.35 bits per heavy atom. The molecule has 3 fully saturated rings. The fraction of sp³-hybridized carbons (Fsp3) is 1.00. The summed E-state index contributed by atoms with van der Waals surface area (Å²) in [5, 5.41) is 3.74. The Bertz CT molecular complexity index is 266. The SMILES string of the molecule is COC1(CNC2CCN3CCCC23)CCOC1. The third-order valence-corrected chi connectivity index (χ3v) is 4.79. The largest absolute Gasteiger partial charge is 0.378 e. The molecule has 0 aromatic heterocycles. The van der Waals surface area contributed by atoms with Crippen LogP contribution in [0.15, 0.2) is 0 Å². The summed E-state index contributed by atoms with van der Waals surface area (Å²) in [4.78, 5) is 2.64. The van der Waals surface area contributed by atoms with Crippen LogP contribution >= 0.6 is 0 Å². The van der Waals surface area contributed by atoms with Crippen LogP contribution in [0.1, 0.15) is 25.7 Å². The van der Waals surface area contributed by atoms with Crippen molar-refractivity contribution in [3.05, 3.63) is 0 Å². The third kappa shape index (κ3) is 2.24. The van der Waals surface area contributed by atoms with Gasteiger partial charge in [0.2, 0.25) is 0 Å². The first-order valence-electron chi connectivity index (χ1n) is 6.93. The number of methoxy groups -OCH3 is 1. The number of fused-ring (bicyclic) bond motifs is 1. The van der Waals surface area contributed by atoms with Crippen molar-refractivity contribution in [3.8, 4) is 0 Å². The molecule has 0 bridgehead atoms. The summed E-state index contributed by atoms with van der Waals surface area (Å²) in [6.45, 7) is 5.12. The van der Waals surface area contributed by atoms with Gasteiger partial charge in [-0.25, -0.2) is 0 Å². The molecule has 0 saturated carbocycles. The van der Waals surface area contributed by atoms with Gasteiger partial charge in [0.05, 0.1) is 6.61 Å². The summed E-state index contributed by atoms with van der Waals surface area (Å²) in [7, 11) is 1.81. The highest BCUT2D eigenvalue weighted by Gasteiger charge is 2.40. The van der Waals surface area contributed by atoms with E-state index in [2.05, 4.69) is 10.2 Å². The maximum absolute atomic E-state index is 5.67. The smallest absolute Gasteiger partial charge is 0.106 e. The molecule has 4 nitrogen and oxygen atoms in total. The van der Waals surface area contributed by atoms with Crippen molar-refractivity contribution < 1.29 is 9.47 Å². The lowest BCUT2D eigenvalue weighted by Gasteiger charge is -2.29. The van der Waals surface area contributed by atoms with Crippen LogP contribution in [-0.4, -0.2) is 62.5 Å². The molecule has 0 radical (unpaired) electrons. The fourth-order valence-electron chi connectivity index (χ4n) is 3.60. The number of ether oxygens (including phenoxy) is 2. The van der Waals surface area contributed by atoms with E-state index < -0.39 is 0 Å². The van der Waals surface area contributed by atoms with Crippen molar-refractivity contribution in [1.29, 1.82) is 0 Å². The molecule has 0 aliphatic carbocycles. The zero-order valence-electron chi connectivity index (χ0n) is 10.8. The summed E-state index contributed by atoms with van der Waals surface area (Å²) in [6, 6.07) is 1.45. The van der Waals surface area contributed by atoms with Crippen molar-refractivity contribution in [1.82, 2.24) is 10.2 Å². The van der Waals surface area contributed by atoms with Gasteiger partial charge in [0.1, 0.15) is 5.60 Å². The Labute approximate surface area is 104 Å². The monoisotopic (exact) mass is 240 g/mol. The minimum absolute atomic E-state index is 0.0635. The van der Waals surface area contributed by atoms with E-state index in [4.69, 9.17) is 9.47 Å². The van der Waals surface area contributed by atoms with Crippen molar-refractivity contribution in [3.63, 3.8) is 0 Å². The van der Waals surface area contributed by atoms with Crippen LogP contribution in [0.5, 0.6) is 0 Å². The van der Waals surface area contributed by atoms with Gasteiger partial charge in [-0.05, 0) is 25.8 Å². The van der Waals surface area contributed by atoms with E-state index in [9.17, 15) is 0 Å². The highest BCUT2D eigenvalue weighted by molar-refractivity contribution is 4.97. The summed E-state index contributed by atoms with van der Waals surface area (Å²) >= 11 is 0.